The van der Waals surface area contributed by atoms with E-state index in [4.69, 9.17) is 0 Å². The Morgan fingerprint density at radius 2 is 1.30 bits per heavy atom. The fourth-order valence-corrected chi connectivity index (χ4v) is 2.44. The lowest BCUT2D eigenvalue weighted by atomic mass is 9.72. The van der Waals surface area contributed by atoms with Gasteiger partial charge in [0, 0.05) is 0 Å². The molecular formula is C16H14F2O2. The molecule has 0 fully saturated rings. The first-order chi connectivity index (χ1) is 9.50. The second kappa shape index (κ2) is 5.41. The number of rotatable bonds is 4. The molecule has 0 atom stereocenters. The van der Waals surface area contributed by atoms with Crippen LogP contribution in [0.5, 0.6) is 0 Å². The number of halogens is 2. The van der Waals surface area contributed by atoms with E-state index < -0.39 is 23.0 Å². The average Bonchev–Trinajstić information content (AvgIpc) is 2.43. The van der Waals surface area contributed by atoms with Crippen molar-refractivity contribution in [1.82, 2.24) is 0 Å². The van der Waals surface area contributed by atoms with Gasteiger partial charge in [-0.15, -0.1) is 0 Å². The second-order valence-electron chi connectivity index (χ2n) is 4.58. The largest absolute Gasteiger partial charge is 0.480 e. The van der Waals surface area contributed by atoms with Crippen molar-refractivity contribution in [1.29, 1.82) is 0 Å². The van der Waals surface area contributed by atoms with E-state index in [-0.39, 0.29) is 6.42 Å². The van der Waals surface area contributed by atoms with E-state index in [1.165, 1.54) is 48.5 Å². The number of carbonyl (C=O) groups is 1. The molecule has 0 aliphatic heterocycles. The maximum atomic E-state index is 13.0. The van der Waals surface area contributed by atoms with Crippen molar-refractivity contribution in [2.45, 2.75) is 18.8 Å². The number of hydrogen-bond acceptors (Lipinski definition) is 1. The van der Waals surface area contributed by atoms with E-state index in [0.29, 0.717) is 11.1 Å². The average molecular weight is 276 g/mol. The highest BCUT2D eigenvalue weighted by Gasteiger charge is 2.40. The highest BCUT2D eigenvalue weighted by atomic mass is 19.1. The summed E-state index contributed by atoms with van der Waals surface area (Å²) in [4.78, 5) is 11.8. The van der Waals surface area contributed by atoms with Gasteiger partial charge in [-0.1, -0.05) is 31.2 Å². The Morgan fingerprint density at radius 3 is 1.55 bits per heavy atom. The molecule has 0 unspecified atom stereocenters. The topological polar surface area (TPSA) is 37.3 Å². The molecule has 0 saturated heterocycles. The number of carboxylic acid groups (broad SMARTS) is 1. The third kappa shape index (κ3) is 2.29. The van der Waals surface area contributed by atoms with Crippen LogP contribution in [0.2, 0.25) is 0 Å². The summed E-state index contributed by atoms with van der Waals surface area (Å²) in [5.74, 6) is -1.90. The Morgan fingerprint density at radius 1 is 0.950 bits per heavy atom. The van der Waals surface area contributed by atoms with Crippen LogP contribution in [-0.4, -0.2) is 11.1 Å². The van der Waals surface area contributed by atoms with Crippen molar-refractivity contribution in [3.63, 3.8) is 0 Å². The fraction of sp³-hybridized carbons (Fsp3) is 0.188. The van der Waals surface area contributed by atoms with Gasteiger partial charge >= 0.3 is 5.97 Å². The predicted octanol–water partition coefficient (Wildman–Crippen LogP) is 3.75. The molecule has 2 nitrogen and oxygen atoms in total. The van der Waals surface area contributed by atoms with Crippen LogP contribution in [0.15, 0.2) is 48.5 Å². The standard InChI is InChI=1S/C16H14F2O2/c1-2-16(15(19)20,11-3-7-13(17)8-4-11)12-5-9-14(18)10-6-12/h3-10H,2H2,1H3,(H,19,20). The van der Waals surface area contributed by atoms with Crippen molar-refractivity contribution in [3.05, 3.63) is 71.3 Å². The molecule has 0 radical (unpaired) electrons. The first kappa shape index (κ1) is 14.2. The van der Waals surface area contributed by atoms with E-state index >= 15 is 0 Å². The van der Waals surface area contributed by atoms with E-state index in [2.05, 4.69) is 0 Å². The summed E-state index contributed by atoms with van der Waals surface area (Å²) in [7, 11) is 0. The second-order valence-corrected chi connectivity index (χ2v) is 4.58. The summed E-state index contributed by atoms with van der Waals surface area (Å²) in [5.41, 5.74) is -0.359. The molecule has 4 heteroatoms. The third-order valence-electron chi connectivity index (χ3n) is 3.57. The van der Waals surface area contributed by atoms with Crippen LogP contribution < -0.4 is 0 Å². The molecule has 0 aromatic heterocycles. The Kier molecular flexibility index (Phi) is 3.84. The maximum absolute atomic E-state index is 13.0. The summed E-state index contributed by atoms with van der Waals surface area (Å²) in [6.07, 6.45) is 0.277. The van der Waals surface area contributed by atoms with Crippen LogP contribution in [0.25, 0.3) is 0 Å². The molecule has 104 valence electrons. The lowest BCUT2D eigenvalue weighted by molar-refractivity contribution is -0.142. The van der Waals surface area contributed by atoms with Crippen LogP contribution in [0.1, 0.15) is 24.5 Å². The summed E-state index contributed by atoms with van der Waals surface area (Å²) in [5, 5.41) is 9.68. The van der Waals surface area contributed by atoms with Crippen molar-refractivity contribution in [2.24, 2.45) is 0 Å². The van der Waals surface area contributed by atoms with Gasteiger partial charge < -0.3 is 5.11 Å². The quantitative estimate of drug-likeness (QED) is 0.923. The molecule has 0 heterocycles. The molecule has 0 bridgehead atoms. The van der Waals surface area contributed by atoms with Gasteiger partial charge in [0.1, 0.15) is 17.0 Å². The minimum Gasteiger partial charge on any atom is -0.480 e. The minimum atomic E-state index is -1.30. The Bertz CT molecular complexity index is 558. The molecule has 2 aromatic rings. The minimum absolute atomic E-state index is 0.277. The van der Waals surface area contributed by atoms with E-state index in [9.17, 15) is 18.7 Å². The van der Waals surface area contributed by atoms with Crippen LogP contribution in [0.3, 0.4) is 0 Å². The van der Waals surface area contributed by atoms with E-state index in [1.807, 2.05) is 0 Å². The molecule has 0 aliphatic carbocycles. The van der Waals surface area contributed by atoms with E-state index in [1.54, 1.807) is 6.92 Å². The zero-order valence-corrected chi connectivity index (χ0v) is 10.9. The van der Waals surface area contributed by atoms with Crippen LogP contribution in [-0.2, 0) is 10.2 Å². The zero-order chi connectivity index (χ0) is 14.8. The molecule has 20 heavy (non-hydrogen) atoms. The van der Waals surface area contributed by atoms with Crippen molar-refractivity contribution in [3.8, 4) is 0 Å². The SMILES string of the molecule is CCC(C(=O)O)(c1ccc(F)cc1)c1ccc(F)cc1. The lowest BCUT2D eigenvalue weighted by Crippen LogP contribution is -2.36. The highest BCUT2D eigenvalue weighted by molar-refractivity contribution is 5.86. The molecule has 1 N–H and O–H groups in total. The monoisotopic (exact) mass is 276 g/mol. The van der Waals surface area contributed by atoms with Gasteiger partial charge in [0.15, 0.2) is 0 Å². The van der Waals surface area contributed by atoms with Crippen molar-refractivity contribution < 1.29 is 18.7 Å². The van der Waals surface area contributed by atoms with Gasteiger partial charge in [0.25, 0.3) is 0 Å². The van der Waals surface area contributed by atoms with Gasteiger partial charge in [-0.2, -0.15) is 0 Å². The molecule has 0 amide bonds. The summed E-state index contributed by atoms with van der Waals surface area (Å²) < 4.78 is 26.1. The van der Waals surface area contributed by atoms with Gasteiger partial charge in [-0.3, -0.25) is 4.79 Å². The van der Waals surface area contributed by atoms with Crippen molar-refractivity contribution >= 4 is 5.97 Å². The third-order valence-corrected chi connectivity index (χ3v) is 3.57. The Labute approximate surface area is 115 Å². The van der Waals surface area contributed by atoms with Crippen molar-refractivity contribution in [2.75, 3.05) is 0 Å². The summed E-state index contributed by atoms with van der Waals surface area (Å²) in [6, 6.07) is 10.7. The first-order valence-corrected chi connectivity index (χ1v) is 6.26. The smallest absolute Gasteiger partial charge is 0.318 e. The maximum Gasteiger partial charge on any atom is 0.318 e. The number of aliphatic carboxylic acids is 1. The number of benzene rings is 2. The van der Waals surface area contributed by atoms with Gasteiger partial charge in [-0.25, -0.2) is 8.78 Å². The molecule has 0 saturated carbocycles. The number of hydrogen-bond donors (Lipinski definition) is 1. The van der Waals surface area contributed by atoms with Crippen LogP contribution >= 0.6 is 0 Å². The molecule has 2 aromatic carbocycles. The van der Waals surface area contributed by atoms with E-state index in [0.717, 1.165) is 0 Å². The molecular weight excluding hydrogens is 262 g/mol. The number of carboxylic acids is 1. The Balaban J connectivity index is 2.64. The van der Waals surface area contributed by atoms with Gasteiger partial charge in [0.2, 0.25) is 0 Å². The molecule has 0 aliphatic rings. The lowest BCUT2D eigenvalue weighted by Gasteiger charge is -2.29. The Hall–Kier alpha value is -2.23. The summed E-state index contributed by atoms with van der Waals surface area (Å²) in [6.45, 7) is 1.74. The molecule has 0 spiro atoms. The highest BCUT2D eigenvalue weighted by Crippen LogP contribution is 2.36. The molecule has 2 rings (SSSR count). The summed E-state index contributed by atoms with van der Waals surface area (Å²) >= 11 is 0. The van der Waals surface area contributed by atoms with Crippen LogP contribution in [0.4, 0.5) is 8.78 Å². The van der Waals surface area contributed by atoms with Gasteiger partial charge in [-0.05, 0) is 41.8 Å². The van der Waals surface area contributed by atoms with Crippen LogP contribution in [0, 0.1) is 11.6 Å². The predicted molar refractivity (Wildman–Crippen MR) is 71.5 cm³/mol. The normalized spacial score (nSPS) is 11.3. The zero-order valence-electron chi connectivity index (χ0n) is 10.9. The van der Waals surface area contributed by atoms with Gasteiger partial charge in [0.05, 0.1) is 0 Å². The first-order valence-electron chi connectivity index (χ1n) is 6.26. The fourth-order valence-electron chi connectivity index (χ4n) is 2.44.